The topological polar surface area (TPSA) is 54.2 Å². The Bertz CT molecular complexity index is 375. The zero-order valence-corrected chi connectivity index (χ0v) is 12.4. The highest BCUT2D eigenvalue weighted by Crippen LogP contribution is 2.26. The summed E-state index contributed by atoms with van der Waals surface area (Å²) in [4.78, 5) is 6.95. The molecule has 5 heteroatoms. The highest BCUT2D eigenvalue weighted by atomic mass is 16.5. The van der Waals surface area contributed by atoms with Gasteiger partial charge in [0.25, 0.3) is 0 Å². The summed E-state index contributed by atoms with van der Waals surface area (Å²) in [5.41, 5.74) is 0. The third-order valence-corrected chi connectivity index (χ3v) is 4.00. The monoisotopic (exact) mass is 266 g/mol. The van der Waals surface area contributed by atoms with Crippen molar-refractivity contribution in [2.24, 2.45) is 0 Å². The maximum Gasteiger partial charge on any atom is 0.229 e. The zero-order valence-electron chi connectivity index (χ0n) is 12.4. The van der Waals surface area contributed by atoms with Crippen LogP contribution in [0.1, 0.15) is 51.2 Å². The van der Waals surface area contributed by atoms with Crippen molar-refractivity contribution < 1.29 is 4.52 Å². The molecule has 1 aliphatic heterocycles. The molecule has 5 nitrogen and oxygen atoms in total. The van der Waals surface area contributed by atoms with Crippen molar-refractivity contribution >= 4 is 0 Å². The van der Waals surface area contributed by atoms with Crippen LogP contribution in [0.15, 0.2) is 4.52 Å². The lowest BCUT2D eigenvalue weighted by molar-refractivity contribution is 0.290. The van der Waals surface area contributed by atoms with Crippen LogP contribution < -0.4 is 5.32 Å². The van der Waals surface area contributed by atoms with Gasteiger partial charge in [-0.1, -0.05) is 19.0 Å². The molecule has 2 atom stereocenters. The molecule has 1 N–H and O–H groups in total. The molecule has 0 aromatic carbocycles. The smallest absolute Gasteiger partial charge is 0.229 e. The van der Waals surface area contributed by atoms with Crippen LogP contribution in [0.25, 0.3) is 0 Å². The molecule has 1 aromatic rings. The van der Waals surface area contributed by atoms with E-state index in [0.717, 1.165) is 57.2 Å². The molecular formula is C14H26N4O. The Labute approximate surface area is 115 Å². The highest BCUT2D eigenvalue weighted by molar-refractivity contribution is 4.98. The molecular weight excluding hydrogens is 240 g/mol. The zero-order chi connectivity index (χ0) is 13.7. The van der Waals surface area contributed by atoms with Crippen LogP contribution in [0, 0.1) is 0 Å². The number of hydrogen-bond acceptors (Lipinski definition) is 5. The fraction of sp³-hybridized carbons (Fsp3) is 0.857. The van der Waals surface area contributed by atoms with E-state index in [2.05, 4.69) is 41.1 Å². The molecule has 108 valence electrons. The molecule has 0 amide bonds. The number of likely N-dealkylation sites (N-methyl/N-ethyl adjacent to an activating group) is 1. The van der Waals surface area contributed by atoms with Crippen LogP contribution in [0.4, 0.5) is 0 Å². The number of hydrogen-bond donors (Lipinski definition) is 1. The van der Waals surface area contributed by atoms with Gasteiger partial charge in [0, 0.05) is 24.9 Å². The number of nitrogens with zero attached hydrogens (tertiary/aromatic N) is 3. The summed E-state index contributed by atoms with van der Waals surface area (Å²) >= 11 is 0. The maximum absolute atomic E-state index is 5.44. The first-order valence-corrected chi connectivity index (χ1v) is 7.51. The minimum atomic E-state index is 0.436. The number of piperidine rings is 1. The number of aromatic nitrogens is 2. The molecule has 1 fully saturated rings. The lowest BCUT2D eigenvalue weighted by Crippen LogP contribution is -2.35. The molecule has 0 bridgehead atoms. The van der Waals surface area contributed by atoms with E-state index in [1.165, 1.54) is 0 Å². The molecule has 2 rings (SSSR count). The van der Waals surface area contributed by atoms with Crippen molar-refractivity contribution in [3.8, 4) is 0 Å². The van der Waals surface area contributed by atoms with Gasteiger partial charge in [-0.25, -0.2) is 0 Å². The van der Waals surface area contributed by atoms with Gasteiger partial charge in [0.15, 0.2) is 5.82 Å². The molecule has 0 aliphatic carbocycles. The first kappa shape index (κ1) is 14.5. The van der Waals surface area contributed by atoms with Gasteiger partial charge in [-0.05, 0) is 39.4 Å². The quantitative estimate of drug-likeness (QED) is 0.851. The average Bonchev–Trinajstić information content (AvgIpc) is 2.89. The van der Waals surface area contributed by atoms with Gasteiger partial charge in [-0.3, -0.25) is 0 Å². The fourth-order valence-corrected chi connectivity index (χ4v) is 2.69. The molecule has 19 heavy (non-hydrogen) atoms. The normalized spacial score (nSPS) is 24.0. The largest absolute Gasteiger partial charge is 0.339 e. The number of nitrogens with one attached hydrogen (secondary N) is 1. The minimum Gasteiger partial charge on any atom is -0.339 e. The van der Waals surface area contributed by atoms with E-state index in [-0.39, 0.29) is 0 Å². The van der Waals surface area contributed by atoms with E-state index in [0.29, 0.717) is 12.0 Å². The summed E-state index contributed by atoms with van der Waals surface area (Å²) in [6.45, 7) is 10.8. The summed E-state index contributed by atoms with van der Waals surface area (Å²) in [6, 6.07) is 0.546. The molecule has 0 radical (unpaired) electrons. The Kier molecular flexibility index (Phi) is 5.34. The Hall–Kier alpha value is -0.940. The lowest BCUT2D eigenvalue weighted by atomic mass is 9.93. The minimum absolute atomic E-state index is 0.436. The summed E-state index contributed by atoms with van der Waals surface area (Å²) in [6.07, 6.45) is 3.07. The van der Waals surface area contributed by atoms with Crippen molar-refractivity contribution in [3.05, 3.63) is 11.7 Å². The molecule has 1 aliphatic rings. The van der Waals surface area contributed by atoms with Gasteiger partial charge in [0.2, 0.25) is 5.89 Å². The van der Waals surface area contributed by atoms with Gasteiger partial charge in [-0.2, -0.15) is 4.98 Å². The van der Waals surface area contributed by atoms with Gasteiger partial charge in [-0.15, -0.1) is 0 Å². The molecule has 1 aromatic heterocycles. The van der Waals surface area contributed by atoms with Crippen LogP contribution in [-0.2, 0) is 6.42 Å². The van der Waals surface area contributed by atoms with Crippen molar-refractivity contribution in [2.75, 3.05) is 26.2 Å². The second-order valence-corrected chi connectivity index (χ2v) is 5.40. The molecule has 0 saturated carbocycles. The number of rotatable bonds is 6. The first-order valence-electron chi connectivity index (χ1n) is 7.51. The third-order valence-electron chi connectivity index (χ3n) is 4.00. The van der Waals surface area contributed by atoms with E-state index in [1.807, 2.05) is 0 Å². The SMILES string of the molecule is CCN(CC)CCc1noc(C2CCNC(C)C2)n1. The summed E-state index contributed by atoms with van der Waals surface area (Å²) in [5.74, 6) is 2.13. The Morgan fingerprint density at radius 2 is 2.16 bits per heavy atom. The first-order chi connectivity index (χ1) is 9.22. The van der Waals surface area contributed by atoms with Crippen molar-refractivity contribution in [3.63, 3.8) is 0 Å². The van der Waals surface area contributed by atoms with E-state index < -0.39 is 0 Å². The average molecular weight is 266 g/mol. The van der Waals surface area contributed by atoms with E-state index in [1.54, 1.807) is 0 Å². The van der Waals surface area contributed by atoms with Gasteiger partial charge >= 0.3 is 0 Å². The van der Waals surface area contributed by atoms with Crippen LogP contribution in [0.3, 0.4) is 0 Å². The van der Waals surface area contributed by atoms with Crippen LogP contribution in [0.5, 0.6) is 0 Å². The summed E-state index contributed by atoms with van der Waals surface area (Å²) in [7, 11) is 0. The fourth-order valence-electron chi connectivity index (χ4n) is 2.69. The van der Waals surface area contributed by atoms with Gasteiger partial charge in [0.1, 0.15) is 0 Å². The van der Waals surface area contributed by atoms with Crippen molar-refractivity contribution in [1.82, 2.24) is 20.4 Å². The molecule has 1 saturated heterocycles. The van der Waals surface area contributed by atoms with Gasteiger partial charge < -0.3 is 14.7 Å². The second kappa shape index (κ2) is 7.01. The second-order valence-electron chi connectivity index (χ2n) is 5.40. The van der Waals surface area contributed by atoms with Crippen LogP contribution in [0.2, 0.25) is 0 Å². The van der Waals surface area contributed by atoms with Crippen LogP contribution in [-0.4, -0.2) is 47.3 Å². The molecule has 2 unspecified atom stereocenters. The Morgan fingerprint density at radius 3 is 2.84 bits per heavy atom. The third kappa shape index (κ3) is 4.01. The Balaban J connectivity index is 1.87. The molecule has 0 spiro atoms. The van der Waals surface area contributed by atoms with Crippen molar-refractivity contribution in [2.45, 2.75) is 52.0 Å². The standard InChI is InChI=1S/C14H26N4O/c1-4-18(5-2)9-7-13-16-14(19-17-13)12-6-8-15-11(3)10-12/h11-12,15H,4-10H2,1-3H3. The van der Waals surface area contributed by atoms with E-state index in [4.69, 9.17) is 4.52 Å². The van der Waals surface area contributed by atoms with Gasteiger partial charge in [0.05, 0.1) is 0 Å². The summed E-state index contributed by atoms with van der Waals surface area (Å²) in [5, 5.41) is 7.57. The van der Waals surface area contributed by atoms with Crippen molar-refractivity contribution in [1.29, 1.82) is 0 Å². The maximum atomic E-state index is 5.44. The predicted octanol–water partition coefficient (Wildman–Crippen LogP) is 1.81. The molecule has 2 heterocycles. The van der Waals surface area contributed by atoms with Crippen LogP contribution >= 0.6 is 0 Å². The van der Waals surface area contributed by atoms with E-state index in [9.17, 15) is 0 Å². The predicted molar refractivity (Wildman–Crippen MR) is 75.2 cm³/mol. The lowest BCUT2D eigenvalue weighted by Gasteiger charge is -2.25. The highest BCUT2D eigenvalue weighted by Gasteiger charge is 2.24. The Morgan fingerprint density at radius 1 is 1.37 bits per heavy atom. The summed E-state index contributed by atoms with van der Waals surface area (Å²) < 4.78 is 5.44. The van der Waals surface area contributed by atoms with E-state index >= 15 is 0 Å².